The first kappa shape index (κ1) is 16.6. The van der Waals surface area contributed by atoms with Gasteiger partial charge in [0.2, 0.25) is 0 Å². The normalized spacial score (nSPS) is 13.6. The molecule has 0 saturated heterocycles. The van der Waals surface area contributed by atoms with Crippen molar-refractivity contribution in [1.29, 1.82) is 0 Å². The van der Waals surface area contributed by atoms with Gasteiger partial charge in [0.1, 0.15) is 5.82 Å². The highest BCUT2D eigenvalue weighted by Crippen LogP contribution is 2.26. The summed E-state index contributed by atoms with van der Waals surface area (Å²) in [6.07, 6.45) is 4.20. The minimum absolute atomic E-state index is 0.0762. The zero-order valence-electron chi connectivity index (χ0n) is 13.8. The topological polar surface area (TPSA) is 84.1 Å². The highest BCUT2D eigenvalue weighted by atomic mass is 32.2. The van der Waals surface area contributed by atoms with E-state index in [0.717, 1.165) is 35.5 Å². The van der Waals surface area contributed by atoms with E-state index >= 15 is 0 Å². The second-order valence-corrected chi connectivity index (χ2v) is 6.76. The van der Waals surface area contributed by atoms with Crippen molar-refractivity contribution in [3.8, 4) is 11.4 Å². The molecule has 1 aliphatic rings. The fourth-order valence-electron chi connectivity index (χ4n) is 2.41. The molecule has 24 heavy (non-hydrogen) atoms. The van der Waals surface area contributed by atoms with Crippen molar-refractivity contribution < 1.29 is 4.79 Å². The third kappa shape index (κ3) is 3.97. The van der Waals surface area contributed by atoms with E-state index in [4.69, 9.17) is 5.73 Å². The monoisotopic (exact) mass is 343 g/mol. The Labute approximate surface area is 145 Å². The largest absolute Gasteiger partial charge is 0.384 e. The SMILES string of the molecule is CSCc1cc(N)nc(-c2ccc(NC(=O)N(C)C3CC3)cc2)n1. The van der Waals surface area contributed by atoms with Crippen molar-refractivity contribution in [3.05, 3.63) is 36.0 Å². The molecule has 1 aromatic heterocycles. The second-order valence-electron chi connectivity index (χ2n) is 5.89. The number of benzene rings is 1. The van der Waals surface area contributed by atoms with Gasteiger partial charge in [0.05, 0.1) is 5.69 Å². The Balaban J connectivity index is 1.73. The van der Waals surface area contributed by atoms with Crippen LogP contribution in [0.5, 0.6) is 0 Å². The molecule has 1 aliphatic carbocycles. The Kier molecular flexibility index (Phi) is 4.89. The summed E-state index contributed by atoms with van der Waals surface area (Å²) in [6.45, 7) is 0. The van der Waals surface area contributed by atoms with Crippen LogP contribution in [0.3, 0.4) is 0 Å². The first-order chi connectivity index (χ1) is 11.6. The number of hydrogen-bond donors (Lipinski definition) is 2. The molecule has 1 fully saturated rings. The lowest BCUT2D eigenvalue weighted by atomic mass is 10.2. The zero-order valence-corrected chi connectivity index (χ0v) is 14.6. The predicted molar refractivity (Wildman–Crippen MR) is 98.9 cm³/mol. The van der Waals surface area contributed by atoms with Gasteiger partial charge in [-0.2, -0.15) is 11.8 Å². The molecule has 3 N–H and O–H groups in total. The van der Waals surface area contributed by atoms with Crippen LogP contribution in [-0.2, 0) is 5.75 Å². The van der Waals surface area contributed by atoms with Crippen LogP contribution in [0.2, 0.25) is 0 Å². The molecule has 2 amide bonds. The van der Waals surface area contributed by atoms with Gasteiger partial charge in [0, 0.05) is 36.2 Å². The molecule has 0 radical (unpaired) electrons. The first-order valence-electron chi connectivity index (χ1n) is 7.83. The molecule has 0 aliphatic heterocycles. The molecule has 0 spiro atoms. The fraction of sp³-hybridized carbons (Fsp3) is 0.353. The quantitative estimate of drug-likeness (QED) is 0.871. The summed E-state index contributed by atoms with van der Waals surface area (Å²) in [5.41, 5.74) is 8.41. The molecule has 6 nitrogen and oxygen atoms in total. The van der Waals surface area contributed by atoms with Crippen molar-refractivity contribution in [3.63, 3.8) is 0 Å². The van der Waals surface area contributed by atoms with Crippen LogP contribution in [-0.4, -0.2) is 40.2 Å². The van der Waals surface area contributed by atoms with Gasteiger partial charge >= 0.3 is 6.03 Å². The summed E-state index contributed by atoms with van der Waals surface area (Å²) in [6, 6.07) is 9.60. The van der Waals surface area contributed by atoms with Crippen LogP contribution in [0.15, 0.2) is 30.3 Å². The van der Waals surface area contributed by atoms with E-state index in [0.29, 0.717) is 17.7 Å². The number of carbonyl (C=O) groups excluding carboxylic acids is 1. The molecule has 2 aromatic rings. The number of aromatic nitrogens is 2. The Morgan fingerprint density at radius 3 is 2.67 bits per heavy atom. The summed E-state index contributed by atoms with van der Waals surface area (Å²) in [4.78, 5) is 22.7. The lowest BCUT2D eigenvalue weighted by molar-refractivity contribution is 0.220. The molecule has 0 unspecified atom stereocenters. The average molecular weight is 343 g/mol. The van der Waals surface area contributed by atoms with Crippen molar-refractivity contribution in [1.82, 2.24) is 14.9 Å². The number of urea groups is 1. The van der Waals surface area contributed by atoms with E-state index in [1.54, 1.807) is 22.7 Å². The van der Waals surface area contributed by atoms with Crippen molar-refractivity contribution in [2.24, 2.45) is 0 Å². The first-order valence-corrected chi connectivity index (χ1v) is 9.23. The van der Waals surface area contributed by atoms with Gasteiger partial charge in [-0.05, 0) is 43.4 Å². The predicted octanol–water partition coefficient (Wildman–Crippen LogP) is 3.21. The van der Waals surface area contributed by atoms with Crippen molar-refractivity contribution >= 4 is 29.3 Å². The van der Waals surface area contributed by atoms with E-state index in [1.165, 1.54) is 0 Å². The van der Waals surface area contributed by atoms with Crippen molar-refractivity contribution in [2.75, 3.05) is 24.4 Å². The summed E-state index contributed by atoms with van der Waals surface area (Å²) >= 11 is 1.69. The number of carbonyl (C=O) groups is 1. The zero-order chi connectivity index (χ0) is 17.1. The maximum atomic E-state index is 12.1. The van der Waals surface area contributed by atoms with Gasteiger partial charge in [0.15, 0.2) is 5.82 Å². The second kappa shape index (κ2) is 7.09. The van der Waals surface area contributed by atoms with Gasteiger partial charge in [-0.25, -0.2) is 14.8 Å². The van der Waals surface area contributed by atoms with E-state index in [1.807, 2.05) is 37.6 Å². The average Bonchev–Trinajstić information content (AvgIpc) is 3.39. The molecule has 7 heteroatoms. The van der Waals surface area contributed by atoms with Crippen LogP contribution in [0, 0.1) is 0 Å². The number of rotatable bonds is 5. The number of amides is 2. The molecule has 0 atom stereocenters. The number of nitrogen functional groups attached to an aromatic ring is 1. The lowest BCUT2D eigenvalue weighted by Crippen LogP contribution is -2.32. The molecular formula is C17H21N5OS. The van der Waals surface area contributed by atoms with Crippen LogP contribution >= 0.6 is 11.8 Å². The minimum atomic E-state index is -0.0762. The summed E-state index contributed by atoms with van der Waals surface area (Å²) in [5.74, 6) is 1.86. The lowest BCUT2D eigenvalue weighted by Gasteiger charge is -2.17. The molecule has 3 rings (SSSR count). The smallest absolute Gasteiger partial charge is 0.321 e. The maximum absolute atomic E-state index is 12.1. The minimum Gasteiger partial charge on any atom is -0.384 e. The highest BCUT2D eigenvalue weighted by molar-refractivity contribution is 7.97. The summed E-state index contributed by atoms with van der Waals surface area (Å²) in [7, 11) is 1.83. The molecule has 126 valence electrons. The summed E-state index contributed by atoms with van der Waals surface area (Å²) < 4.78 is 0. The fourth-order valence-corrected chi connectivity index (χ4v) is 2.86. The summed E-state index contributed by atoms with van der Waals surface area (Å²) in [5, 5.41) is 2.90. The van der Waals surface area contributed by atoms with E-state index in [9.17, 15) is 4.79 Å². The van der Waals surface area contributed by atoms with Crippen LogP contribution in [0.1, 0.15) is 18.5 Å². The molecule has 1 aromatic carbocycles. The van der Waals surface area contributed by atoms with Gasteiger partial charge in [0.25, 0.3) is 0 Å². The van der Waals surface area contributed by atoms with E-state index in [-0.39, 0.29) is 6.03 Å². The third-order valence-corrected chi connectivity index (χ3v) is 4.48. The molecule has 1 saturated carbocycles. The molecular weight excluding hydrogens is 322 g/mol. The van der Waals surface area contributed by atoms with Gasteiger partial charge < -0.3 is 16.0 Å². The number of anilines is 2. The Bertz CT molecular complexity index is 730. The Morgan fingerprint density at radius 2 is 2.04 bits per heavy atom. The van der Waals surface area contributed by atoms with Gasteiger partial charge in [-0.3, -0.25) is 0 Å². The van der Waals surface area contributed by atoms with Gasteiger partial charge in [-0.15, -0.1) is 0 Å². The number of thioether (sulfide) groups is 1. The number of nitrogens with one attached hydrogen (secondary N) is 1. The number of nitrogens with two attached hydrogens (primary N) is 1. The van der Waals surface area contributed by atoms with Crippen LogP contribution in [0.25, 0.3) is 11.4 Å². The van der Waals surface area contributed by atoms with E-state index < -0.39 is 0 Å². The highest BCUT2D eigenvalue weighted by Gasteiger charge is 2.29. The van der Waals surface area contributed by atoms with Crippen LogP contribution in [0.4, 0.5) is 16.3 Å². The van der Waals surface area contributed by atoms with Crippen LogP contribution < -0.4 is 11.1 Å². The Morgan fingerprint density at radius 1 is 1.33 bits per heavy atom. The standard InChI is InChI=1S/C17H21N5OS/c1-22(14-7-8-14)17(23)20-12-5-3-11(4-6-12)16-19-13(10-24-2)9-15(18)21-16/h3-6,9,14H,7-8,10H2,1-2H3,(H,20,23)(H2,18,19,21). The van der Waals surface area contributed by atoms with Crippen molar-refractivity contribution in [2.45, 2.75) is 24.6 Å². The Hall–Kier alpha value is -2.28. The van der Waals surface area contributed by atoms with Gasteiger partial charge in [-0.1, -0.05) is 0 Å². The third-order valence-electron chi connectivity index (χ3n) is 3.90. The van der Waals surface area contributed by atoms with E-state index in [2.05, 4.69) is 15.3 Å². The number of hydrogen-bond acceptors (Lipinski definition) is 5. The molecule has 1 heterocycles. The molecule has 0 bridgehead atoms. The number of nitrogens with zero attached hydrogens (tertiary/aromatic N) is 3. The maximum Gasteiger partial charge on any atom is 0.321 e.